The van der Waals surface area contributed by atoms with Gasteiger partial charge in [0.2, 0.25) is 21.8 Å². The Morgan fingerprint density at radius 2 is 1.63 bits per heavy atom. The van der Waals surface area contributed by atoms with Crippen molar-refractivity contribution < 1.29 is 22.7 Å². The summed E-state index contributed by atoms with van der Waals surface area (Å²) in [5, 5.41) is 2.99. The molecule has 190 valence electrons. The van der Waals surface area contributed by atoms with Crippen LogP contribution in [0.2, 0.25) is 0 Å². The Morgan fingerprint density at radius 3 is 2.23 bits per heavy atom. The molecule has 1 heterocycles. The molecule has 0 saturated carbocycles. The summed E-state index contributed by atoms with van der Waals surface area (Å²) in [6.45, 7) is 3.88. The molecule has 2 amide bonds. The smallest absolute Gasteiger partial charge is 0.247 e. The Labute approximate surface area is 207 Å². The second-order valence-corrected chi connectivity index (χ2v) is 10.7. The van der Waals surface area contributed by atoms with Crippen molar-refractivity contribution in [1.82, 2.24) is 19.4 Å². The highest BCUT2D eigenvalue weighted by molar-refractivity contribution is 7.88. The fourth-order valence-corrected chi connectivity index (χ4v) is 4.21. The third kappa shape index (κ3) is 8.14. The summed E-state index contributed by atoms with van der Waals surface area (Å²) in [5.74, 6) is -0.769. The van der Waals surface area contributed by atoms with Crippen molar-refractivity contribution in [3.8, 4) is 0 Å². The van der Waals surface area contributed by atoms with E-state index in [-0.39, 0.29) is 19.0 Å². The van der Waals surface area contributed by atoms with Gasteiger partial charge >= 0.3 is 0 Å². The number of sulfonamides is 1. The van der Waals surface area contributed by atoms with Crippen LogP contribution in [-0.4, -0.2) is 93.6 Å². The zero-order chi connectivity index (χ0) is 25.3. The minimum absolute atomic E-state index is 0.160. The predicted octanol–water partition coefficient (Wildman–Crippen LogP) is 1.10. The van der Waals surface area contributed by atoms with Crippen molar-refractivity contribution in [1.29, 1.82) is 0 Å². The minimum Gasteiger partial charge on any atom is -0.379 e. The van der Waals surface area contributed by atoms with Crippen LogP contribution in [0.3, 0.4) is 0 Å². The van der Waals surface area contributed by atoms with Crippen molar-refractivity contribution in [2.24, 2.45) is 0 Å². The van der Waals surface area contributed by atoms with Crippen LogP contribution >= 0.6 is 0 Å². The van der Waals surface area contributed by atoms with Crippen molar-refractivity contribution in [3.63, 3.8) is 0 Å². The Kier molecular flexibility index (Phi) is 9.79. The molecule has 0 radical (unpaired) electrons. The lowest BCUT2D eigenvalue weighted by molar-refractivity contribution is -0.141. The number of rotatable bonds is 11. The molecule has 1 saturated heterocycles. The average molecular weight is 503 g/mol. The molecular formula is C25H34N4O5S. The number of carbonyl (C=O) groups excluding carboxylic acids is 2. The third-order valence-corrected chi connectivity index (χ3v) is 7.21. The number of carbonyl (C=O) groups is 2. The van der Waals surface area contributed by atoms with E-state index in [1.54, 1.807) is 12.1 Å². The summed E-state index contributed by atoms with van der Waals surface area (Å²) in [6.07, 6.45) is 1.05. The lowest BCUT2D eigenvalue weighted by Crippen LogP contribution is -2.48. The zero-order valence-electron chi connectivity index (χ0n) is 20.3. The van der Waals surface area contributed by atoms with Gasteiger partial charge < -0.3 is 15.0 Å². The molecule has 1 aliphatic rings. The lowest BCUT2D eigenvalue weighted by Gasteiger charge is -2.33. The van der Waals surface area contributed by atoms with Gasteiger partial charge in [-0.25, -0.2) is 8.42 Å². The summed E-state index contributed by atoms with van der Waals surface area (Å²) in [7, 11) is -2.22. The van der Waals surface area contributed by atoms with Gasteiger partial charge in [0.25, 0.3) is 0 Å². The van der Waals surface area contributed by atoms with Gasteiger partial charge in [0.15, 0.2) is 0 Å². The number of ether oxygens (including phenoxy) is 1. The predicted molar refractivity (Wildman–Crippen MR) is 134 cm³/mol. The van der Waals surface area contributed by atoms with E-state index >= 15 is 0 Å². The molecule has 0 spiro atoms. The maximum absolute atomic E-state index is 13.5. The van der Waals surface area contributed by atoms with Crippen LogP contribution in [-0.2, 0) is 30.9 Å². The van der Waals surface area contributed by atoms with Crippen LogP contribution in [0.4, 0.5) is 0 Å². The lowest BCUT2D eigenvalue weighted by atomic mass is 10.0. The van der Waals surface area contributed by atoms with Gasteiger partial charge in [0.05, 0.1) is 26.0 Å². The molecule has 1 fully saturated rings. The standard InChI is InChI=1S/C25H34N4O5S/c1-27(35(2,32)33)20-23(30)29(19-21-9-5-3-6-10-21)24(22-11-7-4-8-12-22)25(31)26-13-14-28-15-17-34-18-16-28/h3-12,24H,13-20H2,1-2H3,(H,26,31)/t24-/m0/s1. The first kappa shape index (κ1) is 26.8. The summed E-state index contributed by atoms with van der Waals surface area (Å²) >= 11 is 0. The van der Waals surface area contributed by atoms with Crippen LogP contribution in [0.25, 0.3) is 0 Å². The van der Waals surface area contributed by atoms with Crippen molar-refractivity contribution in [2.75, 3.05) is 59.2 Å². The van der Waals surface area contributed by atoms with E-state index in [0.717, 1.165) is 29.2 Å². The van der Waals surface area contributed by atoms with E-state index < -0.39 is 22.0 Å². The van der Waals surface area contributed by atoms with Gasteiger partial charge in [0.1, 0.15) is 6.04 Å². The van der Waals surface area contributed by atoms with E-state index in [9.17, 15) is 18.0 Å². The Morgan fingerprint density at radius 1 is 1.03 bits per heavy atom. The molecular weight excluding hydrogens is 468 g/mol. The molecule has 2 aromatic carbocycles. The second-order valence-electron chi connectivity index (χ2n) is 8.58. The van der Waals surface area contributed by atoms with E-state index in [4.69, 9.17) is 4.74 Å². The molecule has 0 bridgehead atoms. The average Bonchev–Trinajstić information content (AvgIpc) is 2.85. The molecule has 0 aromatic heterocycles. The number of nitrogens with zero attached hydrogens (tertiary/aromatic N) is 3. The number of benzene rings is 2. The molecule has 2 aromatic rings. The number of hydrogen-bond donors (Lipinski definition) is 1. The van der Waals surface area contributed by atoms with Crippen molar-refractivity contribution >= 4 is 21.8 Å². The first-order valence-electron chi connectivity index (χ1n) is 11.6. The fourth-order valence-electron chi connectivity index (χ4n) is 3.87. The van der Waals surface area contributed by atoms with Crippen LogP contribution in [0.15, 0.2) is 60.7 Å². The number of likely N-dealkylation sites (N-methyl/N-ethyl adjacent to an activating group) is 1. The van der Waals surface area contributed by atoms with Crippen LogP contribution in [0.1, 0.15) is 17.2 Å². The summed E-state index contributed by atoms with van der Waals surface area (Å²) in [4.78, 5) is 30.7. The molecule has 1 atom stereocenters. The van der Waals surface area contributed by atoms with Crippen molar-refractivity contribution in [3.05, 3.63) is 71.8 Å². The van der Waals surface area contributed by atoms with Gasteiger partial charge in [-0.3, -0.25) is 14.5 Å². The summed E-state index contributed by atoms with van der Waals surface area (Å²) in [5.41, 5.74) is 1.49. The number of amides is 2. The summed E-state index contributed by atoms with van der Waals surface area (Å²) in [6, 6.07) is 17.5. The summed E-state index contributed by atoms with van der Waals surface area (Å²) < 4.78 is 30.3. The molecule has 0 aliphatic carbocycles. The molecule has 0 unspecified atom stereocenters. The van der Waals surface area contributed by atoms with Gasteiger partial charge in [0, 0.05) is 39.8 Å². The minimum atomic E-state index is -3.57. The van der Waals surface area contributed by atoms with E-state index in [2.05, 4.69) is 10.2 Å². The van der Waals surface area contributed by atoms with Crippen LogP contribution < -0.4 is 5.32 Å². The molecule has 35 heavy (non-hydrogen) atoms. The molecule has 1 N–H and O–H groups in total. The van der Waals surface area contributed by atoms with E-state index in [0.29, 0.717) is 31.9 Å². The number of morpholine rings is 1. The SMILES string of the molecule is CN(CC(=O)N(Cc1ccccc1)[C@H](C(=O)NCCN1CCOCC1)c1ccccc1)S(C)(=O)=O. The van der Waals surface area contributed by atoms with Gasteiger partial charge in [-0.2, -0.15) is 4.31 Å². The maximum Gasteiger partial charge on any atom is 0.247 e. The molecule has 3 rings (SSSR count). The Balaban J connectivity index is 1.86. The fraction of sp³-hybridized carbons (Fsp3) is 0.440. The first-order valence-corrected chi connectivity index (χ1v) is 13.5. The van der Waals surface area contributed by atoms with Crippen molar-refractivity contribution in [2.45, 2.75) is 12.6 Å². The topological polar surface area (TPSA) is 99.3 Å². The highest BCUT2D eigenvalue weighted by atomic mass is 32.2. The second kappa shape index (κ2) is 12.8. The highest BCUT2D eigenvalue weighted by Crippen LogP contribution is 2.24. The monoisotopic (exact) mass is 502 g/mol. The van der Waals surface area contributed by atoms with Gasteiger partial charge in [-0.1, -0.05) is 60.7 Å². The molecule has 9 nitrogen and oxygen atoms in total. The van der Waals surface area contributed by atoms with Gasteiger partial charge in [-0.05, 0) is 11.1 Å². The first-order chi connectivity index (χ1) is 16.8. The highest BCUT2D eigenvalue weighted by Gasteiger charge is 2.32. The van der Waals surface area contributed by atoms with E-state index in [1.165, 1.54) is 11.9 Å². The number of nitrogens with one attached hydrogen (secondary N) is 1. The quantitative estimate of drug-likeness (QED) is 0.494. The van der Waals surface area contributed by atoms with E-state index in [1.807, 2.05) is 48.5 Å². The molecule has 10 heteroatoms. The van der Waals surface area contributed by atoms with Crippen LogP contribution in [0.5, 0.6) is 0 Å². The Hall–Kier alpha value is -2.79. The maximum atomic E-state index is 13.5. The van der Waals surface area contributed by atoms with Gasteiger partial charge in [-0.15, -0.1) is 0 Å². The normalized spacial score (nSPS) is 15.5. The van der Waals surface area contributed by atoms with Crippen LogP contribution in [0, 0.1) is 0 Å². The third-order valence-electron chi connectivity index (χ3n) is 5.95. The number of hydrogen-bond acceptors (Lipinski definition) is 6. The largest absolute Gasteiger partial charge is 0.379 e. The molecule has 1 aliphatic heterocycles. The zero-order valence-corrected chi connectivity index (χ0v) is 21.1. The Bertz CT molecular complexity index is 1060.